The van der Waals surface area contributed by atoms with E-state index in [9.17, 15) is 4.79 Å². The second-order valence-corrected chi connectivity index (χ2v) is 2.98. The lowest BCUT2D eigenvalue weighted by atomic mass is 10.5. The van der Waals surface area contributed by atoms with Crippen LogP contribution in [0.3, 0.4) is 0 Å². The molecule has 7 heteroatoms. The molecule has 0 saturated carbocycles. The Morgan fingerprint density at radius 1 is 1.77 bits per heavy atom. The average molecular weight is 200 g/mol. The van der Waals surface area contributed by atoms with Crippen LogP contribution in [0.4, 0.5) is 5.13 Å². The maximum absolute atomic E-state index is 10.3. The predicted octanol–water partition coefficient (Wildman–Crippen LogP) is -0.292. The molecule has 0 spiro atoms. The van der Waals surface area contributed by atoms with Crippen molar-refractivity contribution in [1.29, 1.82) is 0 Å². The van der Waals surface area contributed by atoms with Gasteiger partial charge in [0.15, 0.2) is 0 Å². The number of aliphatic carboxylic acids is 1. The molecule has 6 nitrogen and oxygen atoms in total. The highest BCUT2D eigenvalue weighted by Crippen LogP contribution is 2.14. The van der Waals surface area contributed by atoms with Crippen LogP contribution < -0.4 is 16.6 Å². The Morgan fingerprint density at radius 2 is 2.46 bits per heavy atom. The summed E-state index contributed by atoms with van der Waals surface area (Å²) in [6, 6.07) is 0. The minimum atomic E-state index is -1.22. The van der Waals surface area contributed by atoms with Gasteiger partial charge in [0, 0.05) is 11.6 Å². The number of anilines is 1. The van der Waals surface area contributed by atoms with E-state index < -0.39 is 5.97 Å². The molecule has 0 radical (unpaired) electrons. The molecule has 1 aromatic heterocycles. The lowest BCUT2D eigenvalue weighted by Crippen LogP contribution is -2.27. The molecule has 13 heavy (non-hydrogen) atoms. The molecule has 5 N–H and O–H groups in total. The largest absolute Gasteiger partial charge is 0.477 e. The molecule has 0 aliphatic heterocycles. The van der Waals surface area contributed by atoms with Gasteiger partial charge in [0.1, 0.15) is 5.70 Å². The molecule has 0 aliphatic carbocycles. The Balaban J connectivity index is 2.76. The smallest absolute Gasteiger partial charge is 0.353 e. The monoisotopic (exact) mass is 200 g/mol. The van der Waals surface area contributed by atoms with Crippen molar-refractivity contribution in [3.8, 4) is 0 Å². The summed E-state index contributed by atoms with van der Waals surface area (Å²) in [7, 11) is 0. The number of rotatable bonds is 3. The van der Waals surface area contributed by atoms with Crippen molar-refractivity contribution in [2.24, 2.45) is 11.6 Å². The average Bonchev–Trinajstić information content (AvgIpc) is 2.55. The van der Waals surface area contributed by atoms with Crippen LogP contribution in [0.25, 0.3) is 0 Å². The summed E-state index contributed by atoms with van der Waals surface area (Å²) < 4.78 is 0. The van der Waals surface area contributed by atoms with Gasteiger partial charge in [-0.15, -0.1) is 11.3 Å². The topological polar surface area (TPSA) is 105 Å². The quantitative estimate of drug-likeness (QED) is 0.351. The fraction of sp³-hybridized carbons (Fsp3) is 0. The molecule has 0 aromatic carbocycles. The first-order valence-corrected chi connectivity index (χ1v) is 4.13. The molecule has 70 valence electrons. The highest BCUT2D eigenvalue weighted by molar-refractivity contribution is 7.13. The van der Waals surface area contributed by atoms with Gasteiger partial charge in [-0.25, -0.2) is 15.6 Å². The summed E-state index contributed by atoms with van der Waals surface area (Å²) in [5, 5.41) is 11.7. The number of thiazole rings is 1. The van der Waals surface area contributed by atoms with Crippen LogP contribution in [0, 0.1) is 0 Å². The molecule has 0 atom stereocenters. The highest BCUT2D eigenvalue weighted by Gasteiger charge is 2.05. The Bertz CT molecular complexity index is 321. The number of carbonyl (C=O) groups is 1. The number of nitrogens with zero attached hydrogens (tertiary/aromatic N) is 2. The molecule has 0 unspecified atom stereocenters. The highest BCUT2D eigenvalue weighted by atomic mass is 32.1. The van der Waals surface area contributed by atoms with E-state index in [4.69, 9.17) is 16.7 Å². The van der Waals surface area contributed by atoms with Gasteiger partial charge in [-0.05, 0) is 0 Å². The standard InChI is InChI=1S/C6H8N4O2S/c7-4(5(11)12)3-10(8)6-9-1-2-13-6/h1-3H,7-8H2,(H,11,12)/b4-3-. The molecule has 1 aromatic rings. The molecule has 0 aliphatic rings. The maximum atomic E-state index is 10.3. The van der Waals surface area contributed by atoms with E-state index in [-0.39, 0.29) is 5.70 Å². The minimum absolute atomic E-state index is 0.335. The van der Waals surface area contributed by atoms with Gasteiger partial charge in [-0.2, -0.15) is 0 Å². The van der Waals surface area contributed by atoms with Gasteiger partial charge in [0.25, 0.3) is 0 Å². The van der Waals surface area contributed by atoms with E-state index in [0.29, 0.717) is 5.13 Å². The number of aromatic nitrogens is 1. The third-order valence-corrected chi connectivity index (χ3v) is 1.95. The van der Waals surface area contributed by atoms with Crippen LogP contribution in [-0.4, -0.2) is 16.1 Å². The normalized spacial score (nSPS) is 11.3. The van der Waals surface area contributed by atoms with Crippen molar-refractivity contribution in [1.82, 2.24) is 4.98 Å². The Hall–Kier alpha value is -1.60. The van der Waals surface area contributed by atoms with Crippen LogP contribution in [0.2, 0.25) is 0 Å². The summed E-state index contributed by atoms with van der Waals surface area (Å²) in [4.78, 5) is 14.2. The number of carboxylic acids is 1. The zero-order valence-corrected chi connectivity index (χ0v) is 7.36. The summed E-state index contributed by atoms with van der Waals surface area (Å²) in [5.74, 6) is 4.22. The van der Waals surface area contributed by atoms with E-state index >= 15 is 0 Å². The number of carboxylic acid groups (broad SMARTS) is 1. The van der Waals surface area contributed by atoms with Crippen molar-refractivity contribution >= 4 is 22.4 Å². The molecule has 0 bridgehead atoms. The van der Waals surface area contributed by atoms with Crippen molar-refractivity contribution in [2.45, 2.75) is 0 Å². The zero-order valence-electron chi connectivity index (χ0n) is 6.54. The van der Waals surface area contributed by atoms with Crippen LogP contribution in [0.5, 0.6) is 0 Å². The van der Waals surface area contributed by atoms with Crippen LogP contribution >= 0.6 is 11.3 Å². The minimum Gasteiger partial charge on any atom is -0.477 e. The van der Waals surface area contributed by atoms with E-state index in [0.717, 1.165) is 11.2 Å². The SMILES string of the molecule is N/C(=C\N(N)c1nccs1)C(=O)O. The van der Waals surface area contributed by atoms with Crippen LogP contribution in [0.1, 0.15) is 0 Å². The van der Waals surface area contributed by atoms with Gasteiger partial charge >= 0.3 is 5.97 Å². The molecular weight excluding hydrogens is 192 g/mol. The number of nitrogens with two attached hydrogens (primary N) is 2. The Kier molecular flexibility index (Phi) is 2.83. The second kappa shape index (κ2) is 3.87. The van der Waals surface area contributed by atoms with Crippen molar-refractivity contribution in [3.63, 3.8) is 0 Å². The van der Waals surface area contributed by atoms with Gasteiger partial charge < -0.3 is 10.8 Å². The Labute approximate surface area is 78.1 Å². The summed E-state index contributed by atoms with van der Waals surface area (Å²) >= 11 is 1.28. The first-order chi connectivity index (χ1) is 6.11. The molecule has 1 rings (SSSR count). The fourth-order valence-electron chi connectivity index (χ4n) is 0.604. The molecule has 1 heterocycles. The molecule has 0 amide bonds. The van der Waals surface area contributed by atoms with Crippen molar-refractivity contribution < 1.29 is 9.90 Å². The predicted molar refractivity (Wildman–Crippen MR) is 48.7 cm³/mol. The van der Waals surface area contributed by atoms with E-state index in [2.05, 4.69) is 4.98 Å². The van der Waals surface area contributed by atoms with Gasteiger partial charge in [0.05, 0.1) is 6.20 Å². The van der Waals surface area contributed by atoms with Crippen LogP contribution in [-0.2, 0) is 4.79 Å². The van der Waals surface area contributed by atoms with Crippen molar-refractivity contribution in [3.05, 3.63) is 23.5 Å². The van der Waals surface area contributed by atoms with E-state index in [1.165, 1.54) is 11.3 Å². The number of hydrogen-bond acceptors (Lipinski definition) is 6. The third-order valence-electron chi connectivity index (χ3n) is 1.17. The summed E-state index contributed by atoms with van der Waals surface area (Å²) in [6.07, 6.45) is 2.66. The first kappa shape index (κ1) is 9.49. The lowest BCUT2D eigenvalue weighted by molar-refractivity contribution is -0.132. The Morgan fingerprint density at radius 3 is 2.92 bits per heavy atom. The maximum Gasteiger partial charge on any atom is 0.353 e. The fourth-order valence-corrected chi connectivity index (χ4v) is 1.14. The zero-order chi connectivity index (χ0) is 9.84. The lowest BCUT2D eigenvalue weighted by Gasteiger charge is -2.08. The van der Waals surface area contributed by atoms with E-state index in [1.807, 2.05) is 0 Å². The van der Waals surface area contributed by atoms with Gasteiger partial charge in [-0.1, -0.05) is 0 Å². The first-order valence-electron chi connectivity index (χ1n) is 3.25. The summed E-state index contributed by atoms with van der Waals surface area (Å²) in [6.45, 7) is 0. The summed E-state index contributed by atoms with van der Waals surface area (Å²) in [5.41, 5.74) is 4.80. The van der Waals surface area contributed by atoms with E-state index in [1.54, 1.807) is 11.6 Å². The number of hydrazine groups is 1. The molecule has 0 saturated heterocycles. The van der Waals surface area contributed by atoms with Gasteiger partial charge in [-0.3, -0.25) is 5.01 Å². The molecule has 0 fully saturated rings. The van der Waals surface area contributed by atoms with Gasteiger partial charge in [0.2, 0.25) is 5.13 Å². The van der Waals surface area contributed by atoms with Crippen LogP contribution in [0.15, 0.2) is 23.5 Å². The number of hydrogen-bond donors (Lipinski definition) is 3. The van der Waals surface area contributed by atoms with Crippen molar-refractivity contribution in [2.75, 3.05) is 5.01 Å². The molecular formula is C6H8N4O2S. The third kappa shape index (κ3) is 2.42. The second-order valence-electron chi connectivity index (χ2n) is 2.11.